The summed E-state index contributed by atoms with van der Waals surface area (Å²) in [6.45, 7) is 5.52. The summed E-state index contributed by atoms with van der Waals surface area (Å²) in [4.78, 5) is 42.2. The predicted molar refractivity (Wildman–Crippen MR) is 161 cm³/mol. The van der Waals surface area contributed by atoms with Gasteiger partial charge in [0.1, 0.15) is 18.1 Å². The SMILES string of the molecule is CC(C)(NC(=O)c1cc2c(NC(=O)c3ccc(CN4CCCCC4)cc3)nn(C(=O)OCCF)c2s1)c1ccccc1. The number of anilines is 1. The van der Waals surface area contributed by atoms with Crippen LogP contribution >= 0.6 is 11.3 Å². The van der Waals surface area contributed by atoms with Crippen molar-refractivity contribution in [2.75, 3.05) is 31.7 Å². The Labute approximate surface area is 247 Å². The number of ether oxygens (including phenoxy) is 1. The number of thiophene rings is 1. The summed E-state index contributed by atoms with van der Waals surface area (Å²) in [6.07, 6.45) is 2.78. The largest absolute Gasteiger partial charge is 0.445 e. The van der Waals surface area contributed by atoms with Gasteiger partial charge in [0.25, 0.3) is 11.8 Å². The second-order valence-electron chi connectivity index (χ2n) is 10.8. The highest BCUT2D eigenvalue weighted by Gasteiger charge is 2.27. The molecule has 4 aromatic rings. The summed E-state index contributed by atoms with van der Waals surface area (Å²) in [5, 5.41) is 10.4. The summed E-state index contributed by atoms with van der Waals surface area (Å²) in [6, 6.07) is 18.5. The molecule has 9 nitrogen and oxygen atoms in total. The van der Waals surface area contributed by atoms with E-state index in [0.717, 1.165) is 46.8 Å². The van der Waals surface area contributed by atoms with Gasteiger partial charge in [-0.2, -0.15) is 4.68 Å². The van der Waals surface area contributed by atoms with Crippen LogP contribution in [-0.2, 0) is 16.8 Å². The molecule has 0 bridgehead atoms. The van der Waals surface area contributed by atoms with Crippen molar-refractivity contribution in [3.8, 4) is 0 Å². The third-order valence-corrected chi connectivity index (χ3v) is 8.39. The standard InChI is InChI=1S/C31H34FN5O4S/c1-31(2,23-9-5-3-6-10-23)34-28(39)25-19-24-26(35-37(29(24)42-25)30(40)41-18-15-32)33-27(38)22-13-11-21(12-14-22)20-36-16-7-4-8-17-36/h3,5-6,9-14,19H,4,7-8,15-18,20H2,1-2H3,(H,34,39)(H,33,35,38). The number of fused-ring (bicyclic) bond motifs is 1. The maximum absolute atomic E-state index is 13.3. The first-order valence-electron chi connectivity index (χ1n) is 14.0. The molecule has 0 saturated carbocycles. The summed E-state index contributed by atoms with van der Waals surface area (Å²) >= 11 is 1.03. The van der Waals surface area contributed by atoms with E-state index in [2.05, 4.69) is 20.6 Å². The fourth-order valence-electron chi connectivity index (χ4n) is 5.01. The zero-order valence-corrected chi connectivity index (χ0v) is 24.5. The van der Waals surface area contributed by atoms with Crippen LogP contribution in [0.25, 0.3) is 10.2 Å². The second kappa shape index (κ2) is 12.8. The minimum absolute atomic E-state index is 0.0993. The van der Waals surface area contributed by atoms with Crippen molar-refractivity contribution >= 4 is 45.3 Å². The Morgan fingerprint density at radius 2 is 1.71 bits per heavy atom. The first-order chi connectivity index (χ1) is 20.2. The first-order valence-corrected chi connectivity index (χ1v) is 14.8. The fraction of sp³-hybridized carbons (Fsp3) is 0.355. The van der Waals surface area contributed by atoms with E-state index in [0.29, 0.717) is 20.7 Å². The Hall–Kier alpha value is -4.09. The van der Waals surface area contributed by atoms with E-state index < -0.39 is 30.8 Å². The topological polar surface area (TPSA) is 106 Å². The summed E-state index contributed by atoms with van der Waals surface area (Å²) in [7, 11) is 0. The van der Waals surface area contributed by atoms with Crippen molar-refractivity contribution in [2.24, 2.45) is 0 Å². The fourth-order valence-corrected chi connectivity index (χ4v) is 6.01. The maximum atomic E-state index is 13.3. The molecule has 2 N–H and O–H groups in total. The molecule has 5 rings (SSSR count). The molecule has 0 spiro atoms. The minimum Gasteiger partial charge on any atom is -0.445 e. The number of alkyl halides is 1. The van der Waals surface area contributed by atoms with Gasteiger partial charge in [0.15, 0.2) is 5.82 Å². The van der Waals surface area contributed by atoms with Crippen LogP contribution in [0.2, 0.25) is 0 Å². The number of nitrogens with zero attached hydrogens (tertiary/aromatic N) is 3. The highest BCUT2D eigenvalue weighted by Crippen LogP contribution is 2.33. The number of carbonyl (C=O) groups excluding carboxylic acids is 3. The minimum atomic E-state index is -0.904. The van der Waals surface area contributed by atoms with E-state index in [9.17, 15) is 18.8 Å². The number of carbonyl (C=O) groups is 3. The summed E-state index contributed by atoms with van der Waals surface area (Å²) in [5.74, 6) is -0.664. The van der Waals surface area contributed by atoms with E-state index in [1.54, 1.807) is 18.2 Å². The molecule has 0 aliphatic carbocycles. The lowest BCUT2D eigenvalue weighted by Gasteiger charge is -2.26. The highest BCUT2D eigenvalue weighted by molar-refractivity contribution is 7.20. The van der Waals surface area contributed by atoms with Crippen LogP contribution in [0.5, 0.6) is 0 Å². The highest BCUT2D eigenvalue weighted by atomic mass is 32.1. The molecule has 1 aliphatic rings. The maximum Gasteiger partial charge on any atom is 0.436 e. The number of amides is 2. The molecular weight excluding hydrogens is 557 g/mol. The molecule has 0 atom stereocenters. The molecule has 0 unspecified atom stereocenters. The monoisotopic (exact) mass is 591 g/mol. The van der Waals surface area contributed by atoms with Crippen LogP contribution in [-0.4, -0.2) is 59.0 Å². The third-order valence-electron chi connectivity index (χ3n) is 7.28. The van der Waals surface area contributed by atoms with Crippen molar-refractivity contribution in [3.63, 3.8) is 0 Å². The number of halogens is 1. The number of aromatic nitrogens is 2. The van der Waals surface area contributed by atoms with Gasteiger partial charge in [-0.25, -0.2) is 9.18 Å². The summed E-state index contributed by atoms with van der Waals surface area (Å²) in [5.41, 5.74) is 1.81. The molecule has 1 saturated heterocycles. The van der Waals surface area contributed by atoms with Gasteiger partial charge in [-0.1, -0.05) is 48.9 Å². The van der Waals surface area contributed by atoms with Gasteiger partial charge in [0, 0.05) is 12.1 Å². The molecule has 2 amide bonds. The molecule has 2 aromatic heterocycles. The number of benzene rings is 2. The van der Waals surface area contributed by atoms with E-state index in [1.165, 1.54) is 19.3 Å². The summed E-state index contributed by atoms with van der Waals surface area (Å²) < 4.78 is 18.6. The number of rotatable bonds is 9. The number of piperidine rings is 1. The van der Waals surface area contributed by atoms with Crippen molar-refractivity contribution in [1.29, 1.82) is 0 Å². The van der Waals surface area contributed by atoms with Crippen molar-refractivity contribution < 1.29 is 23.5 Å². The average molecular weight is 592 g/mol. The van der Waals surface area contributed by atoms with Crippen LogP contribution in [0, 0.1) is 0 Å². The molecule has 11 heteroatoms. The smallest absolute Gasteiger partial charge is 0.436 e. The van der Waals surface area contributed by atoms with Crippen molar-refractivity contribution in [1.82, 2.24) is 20.0 Å². The molecule has 220 valence electrons. The second-order valence-corrected chi connectivity index (χ2v) is 11.9. The Morgan fingerprint density at radius 1 is 1.00 bits per heavy atom. The third kappa shape index (κ3) is 6.69. The van der Waals surface area contributed by atoms with Crippen LogP contribution in [0.15, 0.2) is 60.7 Å². The van der Waals surface area contributed by atoms with Gasteiger partial charge in [0.2, 0.25) is 0 Å². The Morgan fingerprint density at radius 3 is 2.40 bits per heavy atom. The molecule has 3 heterocycles. The van der Waals surface area contributed by atoms with Gasteiger partial charge in [-0.3, -0.25) is 14.5 Å². The van der Waals surface area contributed by atoms with E-state index in [4.69, 9.17) is 4.74 Å². The van der Waals surface area contributed by atoms with Gasteiger partial charge >= 0.3 is 6.09 Å². The molecule has 0 radical (unpaired) electrons. The van der Waals surface area contributed by atoms with Crippen LogP contribution in [0.1, 0.15) is 64.3 Å². The van der Waals surface area contributed by atoms with Crippen molar-refractivity contribution in [3.05, 3.63) is 82.2 Å². The number of nitrogens with one attached hydrogen (secondary N) is 2. The number of hydrogen-bond acceptors (Lipinski definition) is 7. The number of hydrogen-bond donors (Lipinski definition) is 2. The van der Waals surface area contributed by atoms with E-state index in [-0.39, 0.29) is 11.7 Å². The Kier molecular flexibility index (Phi) is 8.98. The Balaban J connectivity index is 1.37. The average Bonchev–Trinajstić information content (AvgIpc) is 3.58. The van der Waals surface area contributed by atoms with Crippen LogP contribution < -0.4 is 10.6 Å². The van der Waals surface area contributed by atoms with Crippen LogP contribution in [0.4, 0.5) is 15.0 Å². The van der Waals surface area contributed by atoms with Gasteiger partial charge in [-0.05, 0) is 69.1 Å². The van der Waals surface area contributed by atoms with Crippen molar-refractivity contribution in [2.45, 2.75) is 45.2 Å². The quantitative estimate of drug-likeness (QED) is 0.249. The lowest BCUT2D eigenvalue weighted by Crippen LogP contribution is -2.40. The molecule has 2 aromatic carbocycles. The molecule has 1 aliphatic heterocycles. The Bertz CT molecular complexity index is 1560. The lowest BCUT2D eigenvalue weighted by atomic mass is 9.94. The van der Waals surface area contributed by atoms with Gasteiger partial charge in [-0.15, -0.1) is 16.4 Å². The van der Waals surface area contributed by atoms with E-state index in [1.807, 2.05) is 56.3 Å². The van der Waals surface area contributed by atoms with E-state index >= 15 is 0 Å². The number of likely N-dealkylation sites (tertiary alicyclic amines) is 1. The normalized spacial score (nSPS) is 14.1. The zero-order chi connectivity index (χ0) is 29.7. The first kappa shape index (κ1) is 29.4. The molecular formula is C31H34FN5O4S. The predicted octanol–water partition coefficient (Wildman–Crippen LogP) is 5.96. The van der Waals surface area contributed by atoms with Gasteiger partial charge in [0.05, 0.1) is 15.8 Å². The van der Waals surface area contributed by atoms with Gasteiger partial charge < -0.3 is 15.4 Å². The lowest BCUT2D eigenvalue weighted by molar-refractivity contribution is 0.0915. The zero-order valence-electron chi connectivity index (χ0n) is 23.7. The molecule has 1 fully saturated rings. The van der Waals surface area contributed by atoms with Crippen LogP contribution in [0.3, 0.4) is 0 Å². The molecule has 42 heavy (non-hydrogen) atoms.